The normalized spacial score (nSPS) is 12.5. The van der Waals surface area contributed by atoms with Gasteiger partial charge in [0.05, 0.1) is 28.3 Å². The summed E-state index contributed by atoms with van der Waals surface area (Å²) in [6.07, 6.45) is 1.81. The molecule has 12 aromatic rings. The Morgan fingerprint density at radius 2 is 1.11 bits per heavy atom. The van der Waals surface area contributed by atoms with Gasteiger partial charge >= 0.3 is 0 Å². The predicted octanol–water partition coefficient (Wildman–Crippen LogP) is 21.4. The minimum Gasteiger partial charge on any atom is -0.501 e. The average Bonchev–Trinajstić information content (AvgIpc) is 2.00. The third kappa shape index (κ3) is 11.5. The molecule has 0 unspecified atom stereocenters. The molecule has 0 saturated carbocycles. The zero-order valence-corrected chi connectivity index (χ0v) is 53.7. The fourth-order valence-corrected chi connectivity index (χ4v) is 11.4. The first-order valence-electron chi connectivity index (χ1n) is 29.3. The van der Waals surface area contributed by atoms with E-state index in [1.807, 2.05) is 36.5 Å². The first kappa shape index (κ1) is 58.7. The molecule has 0 fully saturated rings. The molecule has 0 atom stereocenters. The van der Waals surface area contributed by atoms with Crippen LogP contribution in [-0.2, 0) is 41.8 Å². The van der Waals surface area contributed by atoms with Crippen molar-refractivity contribution >= 4 is 54.5 Å². The Labute approximate surface area is 506 Å². The van der Waals surface area contributed by atoms with Crippen molar-refractivity contribution in [1.82, 2.24) is 19.5 Å². The van der Waals surface area contributed by atoms with Crippen LogP contribution in [0.1, 0.15) is 156 Å². The van der Waals surface area contributed by atoms with Gasteiger partial charge in [0.25, 0.3) is 0 Å². The summed E-state index contributed by atoms with van der Waals surface area (Å²) in [5.74, 6) is 2.03. The average molecular weight is 1270 g/mol. The molecule has 83 heavy (non-hydrogen) atoms. The topological polar surface area (TPSA) is 56.7 Å². The van der Waals surface area contributed by atoms with Crippen molar-refractivity contribution < 1.29 is 24.5 Å². The maximum absolute atomic E-state index is 7.15. The van der Waals surface area contributed by atoms with Gasteiger partial charge in [-0.1, -0.05) is 213 Å². The Kier molecular flexibility index (Phi) is 15.7. The number of fused-ring (bicyclic) bond motifs is 7. The van der Waals surface area contributed by atoms with E-state index in [2.05, 4.69) is 271 Å². The largest absolute Gasteiger partial charge is 0.501 e. The number of nitrogens with zero attached hydrogens (tertiary/aromatic N) is 4. The molecule has 0 saturated heterocycles. The van der Waals surface area contributed by atoms with Gasteiger partial charge in [0.1, 0.15) is 5.58 Å². The van der Waals surface area contributed by atoms with E-state index in [4.69, 9.17) is 9.40 Å². The van der Waals surface area contributed by atoms with Crippen LogP contribution in [0.15, 0.2) is 174 Å². The molecule has 6 heteroatoms. The molecule has 0 spiro atoms. The first-order chi connectivity index (χ1) is 38.8. The van der Waals surface area contributed by atoms with Crippen LogP contribution in [0.4, 0.5) is 0 Å². The van der Waals surface area contributed by atoms with Crippen LogP contribution in [0.2, 0.25) is 0 Å². The molecule has 0 aliphatic rings. The van der Waals surface area contributed by atoms with Gasteiger partial charge in [0.2, 0.25) is 0 Å². The molecule has 0 aliphatic carbocycles. The summed E-state index contributed by atoms with van der Waals surface area (Å²) in [6.45, 7) is 36.4. The van der Waals surface area contributed by atoms with E-state index < -0.39 is 0 Å². The molecule has 0 bridgehead atoms. The summed E-state index contributed by atoms with van der Waals surface area (Å²) in [6, 6.07) is 66.4. The van der Waals surface area contributed by atoms with Gasteiger partial charge in [-0.3, -0.25) is 15.0 Å². The molecule has 3 heterocycles. The number of furan rings is 1. The van der Waals surface area contributed by atoms with Gasteiger partial charge in [0, 0.05) is 48.5 Å². The third-order valence-electron chi connectivity index (χ3n) is 16.2. The number of imidazole rings is 1. The summed E-state index contributed by atoms with van der Waals surface area (Å²) in [7, 11) is 0. The van der Waals surface area contributed by atoms with Crippen LogP contribution < -0.4 is 0 Å². The van der Waals surface area contributed by atoms with Crippen molar-refractivity contribution in [2.24, 2.45) is 0 Å². The van der Waals surface area contributed by atoms with Crippen LogP contribution >= 0.6 is 0 Å². The van der Waals surface area contributed by atoms with Crippen molar-refractivity contribution in [2.75, 3.05) is 0 Å². The van der Waals surface area contributed by atoms with E-state index in [1.54, 1.807) is 0 Å². The molecule has 1 radical (unpaired) electrons. The van der Waals surface area contributed by atoms with Crippen LogP contribution in [0.25, 0.3) is 105 Å². The van der Waals surface area contributed by atoms with Crippen molar-refractivity contribution in [2.45, 2.75) is 144 Å². The van der Waals surface area contributed by atoms with Crippen molar-refractivity contribution in [3.63, 3.8) is 0 Å². The van der Waals surface area contributed by atoms with Crippen molar-refractivity contribution in [3.05, 3.63) is 216 Å². The van der Waals surface area contributed by atoms with E-state index in [-0.39, 0.29) is 53.6 Å². The number of benzene rings is 9. The second-order valence-electron chi connectivity index (χ2n) is 27.2. The monoisotopic (exact) mass is 1270 g/mol. The van der Waals surface area contributed by atoms with Crippen molar-refractivity contribution in [3.8, 4) is 50.7 Å². The van der Waals surface area contributed by atoms with E-state index in [0.29, 0.717) is 0 Å². The van der Waals surface area contributed by atoms with Crippen LogP contribution in [0.3, 0.4) is 0 Å². The zero-order valence-electron chi connectivity index (χ0n) is 51.4. The van der Waals surface area contributed by atoms with Gasteiger partial charge < -0.3 is 8.98 Å². The third-order valence-corrected chi connectivity index (χ3v) is 16.2. The fourth-order valence-electron chi connectivity index (χ4n) is 11.4. The predicted molar refractivity (Wildman–Crippen MR) is 348 cm³/mol. The SMILES string of the molecule is CC(C)(C)c1ccnc(-c2[c-]cccc2)n1.CC(C)c1cc(-c2ccc(-c3cc(C(C)(C)C)cc(C(C)(C)C)c3)cc2)cc(C(C)C)c1-n1c(-c2[c-]cc(C(C)(C)C)c3c2oc2cc4c(ccc5ccccc54)cc23)nc2ccccc21.[Ir]. The molecule has 0 amide bonds. The van der Waals surface area contributed by atoms with Gasteiger partial charge in [-0.2, -0.15) is 0 Å². The van der Waals surface area contributed by atoms with E-state index in [1.165, 1.54) is 77.3 Å². The summed E-state index contributed by atoms with van der Waals surface area (Å²) < 4.78 is 9.57. The molecule has 0 N–H and O–H groups in total. The van der Waals surface area contributed by atoms with Gasteiger partial charge in [-0.25, -0.2) is 0 Å². The standard InChI is InChI=1S/C63H63N2O.C14H15N2.Ir/c1-37(2)49-33-44(40-24-22-39(23-25-40)43-30-45(61(5,6)7)35-46(31-43)62(8,9)10)34-50(38(3)4)58(49)65-55-21-17-16-20-54(55)64-60(65)48-28-29-53(63(11,12)13)57-52-32-42-27-26-41-18-14-15-19-47(41)51(42)36-56(52)66-59(48)57;1-14(2,3)12-9-10-15-13(16-12)11-7-5-4-6-8-11;/h14-27,29-38H,1-13H3;4-7,9-10H,1-3H3;/q2*-1;. The molecular formula is C77H78IrN4O-2. The van der Waals surface area contributed by atoms with Crippen LogP contribution in [0.5, 0.6) is 0 Å². The van der Waals surface area contributed by atoms with E-state index in [0.717, 1.165) is 61.4 Å². The van der Waals surface area contributed by atoms with Crippen LogP contribution in [0, 0.1) is 12.1 Å². The zero-order chi connectivity index (χ0) is 58.2. The Hall–Kier alpha value is -7.50. The molecule has 9 aromatic carbocycles. The summed E-state index contributed by atoms with van der Waals surface area (Å²) >= 11 is 0. The smallest absolute Gasteiger partial charge is 0.121 e. The quantitative estimate of drug-likeness (QED) is 0.118. The summed E-state index contributed by atoms with van der Waals surface area (Å²) in [4.78, 5) is 14.4. The number of hydrogen-bond donors (Lipinski definition) is 0. The maximum Gasteiger partial charge on any atom is 0.121 e. The molecule has 3 aromatic heterocycles. The first-order valence-corrected chi connectivity index (χ1v) is 29.3. The number of hydrogen-bond acceptors (Lipinski definition) is 4. The number of rotatable bonds is 7. The minimum atomic E-state index is -0.155. The molecule has 12 rings (SSSR count). The molecule has 5 nitrogen and oxygen atoms in total. The second kappa shape index (κ2) is 22.2. The second-order valence-corrected chi connectivity index (χ2v) is 27.2. The fraction of sp³-hybridized carbons (Fsp3) is 0.286. The number of para-hydroxylation sites is 2. The molecule has 423 valence electrons. The van der Waals surface area contributed by atoms with Gasteiger partial charge in [-0.05, 0) is 137 Å². The van der Waals surface area contributed by atoms with Crippen molar-refractivity contribution in [1.29, 1.82) is 0 Å². The minimum absolute atomic E-state index is 0. The molecular weight excluding hydrogens is 1190 g/mol. The van der Waals surface area contributed by atoms with Gasteiger partial charge in [0.15, 0.2) is 0 Å². The summed E-state index contributed by atoms with van der Waals surface area (Å²) in [5, 5.41) is 7.09. The Balaban J connectivity index is 0.000000390. The Morgan fingerprint density at radius 1 is 0.506 bits per heavy atom. The summed E-state index contributed by atoms with van der Waals surface area (Å²) in [5.41, 5.74) is 19.2. The molecule has 0 aliphatic heterocycles. The van der Waals surface area contributed by atoms with E-state index in [9.17, 15) is 0 Å². The Bertz CT molecular complexity index is 4300. The van der Waals surface area contributed by atoms with E-state index >= 15 is 0 Å². The number of aromatic nitrogens is 4. The van der Waals surface area contributed by atoms with Crippen LogP contribution in [-0.4, -0.2) is 19.5 Å². The maximum atomic E-state index is 7.15. The van der Waals surface area contributed by atoms with Gasteiger partial charge in [-0.15, -0.1) is 53.6 Å². The Morgan fingerprint density at radius 3 is 1.71 bits per heavy atom.